The van der Waals surface area contributed by atoms with Crippen LogP contribution in [0.4, 0.5) is 0 Å². The second-order valence-corrected chi connectivity index (χ2v) is 8.04. The third kappa shape index (κ3) is 6.68. The maximum Gasteiger partial charge on any atom is 0.241 e. The molecule has 0 aromatic carbocycles. The summed E-state index contributed by atoms with van der Waals surface area (Å²) in [5.41, 5.74) is -0.995. The molecule has 1 N–H and O–H groups in total. The van der Waals surface area contributed by atoms with Crippen molar-refractivity contribution in [3.05, 3.63) is 11.7 Å². The number of sulfone groups is 1. The van der Waals surface area contributed by atoms with E-state index in [1.807, 2.05) is 13.8 Å². The SMILES string of the molecule is CC(C)Cc1noc(CS(=O)(=O)CCC(C)(C)O)n1. The summed E-state index contributed by atoms with van der Waals surface area (Å²) in [5, 5.41) is 13.3. The highest BCUT2D eigenvalue weighted by Crippen LogP contribution is 2.13. The Balaban J connectivity index is 2.60. The Hall–Kier alpha value is -0.950. The summed E-state index contributed by atoms with van der Waals surface area (Å²) < 4.78 is 28.6. The number of aromatic nitrogens is 2. The van der Waals surface area contributed by atoms with Crippen molar-refractivity contribution in [3.8, 4) is 0 Å². The van der Waals surface area contributed by atoms with Gasteiger partial charge in [0.1, 0.15) is 5.75 Å². The van der Waals surface area contributed by atoms with Gasteiger partial charge in [-0.15, -0.1) is 0 Å². The van der Waals surface area contributed by atoms with Crippen molar-refractivity contribution in [1.29, 1.82) is 0 Å². The Labute approximate surface area is 114 Å². The molecule has 19 heavy (non-hydrogen) atoms. The summed E-state index contributed by atoms with van der Waals surface area (Å²) in [6.45, 7) is 7.21. The predicted molar refractivity (Wildman–Crippen MR) is 71.2 cm³/mol. The van der Waals surface area contributed by atoms with E-state index < -0.39 is 15.4 Å². The van der Waals surface area contributed by atoms with Crippen LogP contribution in [0.1, 0.15) is 45.8 Å². The molecule has 0 aliphatic carbocycles. The molecule has 0 aliphatic rings. The van der Waals surface area contributed by atoms with Crippen LogP contribution in [0.25, 0.3) is 0 Å². The van der Waals surface area contributed by atoms with Gasteiger partial charge in [-0.3, -0.25) is 0 Å². The van der Waals surface area contributed by atoms with Crippen molar-refractivity contribution in [3.63, 3.8) is 0 Å². The number of aliphatic hydroxyl groups is 1. The van der Waals surface area contributed by atoms with Crippen molar-refractivity contribution in [2.24, 2.45) is 5.92 Å². The van der Waals surface area contributed by atoms with Crippen LogP contribution in [0.15, 0.2) is 4.52 Å². The van der Waals surface area contributed by atoms with Crippen LogP contribution < -0.4 is 0 Å². The van der Waals surface area contributed by atoms with Crippen LogP contribution in [0.2, 0.25) is 0 Å². The summed E-state index contributed by atoms with van der Waals surface area (Å²) >= 11 is 0. The first-order valence-corrected chi connectivity index (χ1v) is 8.14. The molecule has 110 valence electrons. The second kappa shape index (κ2) is 6.00. The first-order valence-electron chi connectivity index (χ1n) is 6.32. The minimum absolute atomic E-state index is 0.0988. The lowest BCUT2D eigenvalue weighted by Gasteiger charge is -2.15. The van der Waals surface area contributed by atoms with E-state index >= 15 is 0 Å². The molecule has 0 atom stereocenters. The van der Waals surface area contributed by atoms with E-state index in [2.05, 4.69) is 10.1 Å². The summed E-state index contributed by atoms with van der Waals surface area (Å²) in [6.07, 6.45) is 0.843. The van der Waals surface area contributed by atoms with Crippen LogP contribution in [0, 0.1) is 5.92 Å². The summed E-state index contributed by atoms with van der Waals surface area (Å²) in [4.78, 5) is 4.06. The number of hydrogen-bond donors (Lipinski definition) is 1. The standard InChI is InChI=1S/C12H22N2O4S/c1-9(2)7-10-13-11(18-14-10)8-19(16,17)6-5-12(3,4)15/h9,15H,5-8H2,1-4H3. The minimum atomic E-state index is -3.34. The van der Waals surface area contributed by atoms with E-state index in [0.717, 1.165) is 0 Å². The minimum Gasteiger partial charge on any atom is -0.390 e. The Morgan fingerprint density at radius 3 is 2.53 bits per heavy atom. The first-order chi connectivity index (χ1) is 8.57. The fraction of sp³-hybridized carbons (Fsp3) is 0.833. The van der Waals surface area contributed by atoms with Gasteiger partial charge in [-0.05, 0) is 26.2 Å². The van der Waals surface area contributed by atoms with Crippen molar-refractivity contribution in [1.82, 2.24) is 10.1 Å². The lowest BCUT2D eigenvalue weighted by atomic mass is 10.1. The van der Waals surface area contributed by atoms with Gasteiger partial charge in [0, 0.05) is 6.42 Å². The van der Waals surface area contributed by atoms with Crippen LogP contribution in [-0.4, -0.2) is 35.0 Å². The largest absolute Gasteiger partial charge is 0.390 e. The first kappa shape index (κ1) is 16.1. The summed E-state index contributed by atoms with van der Waals surface area (Å²) in [7, 11) is -3.34. The van der Waals surface area contributed by atoms with Crippen LogP contribution in [0.5, 0.6) is 0 Å². The van der Waals surface area contributed by atoms with E-state index in [1.165, 1.54) is 0 Å². The summed E-state index contributed by atoms with van der Waals surface area (Å²) in [5.74, 6) is 0.665. The predicted octanol–water partition coefficient (Wildman–Crippen LogP) is 1.34. The van der Waals surface area contributed by atoms with Crippen molar-refractivity contribution >= 4 is 9.84 Å². The molecule has 6 nitrogen and oxygen atoms in total. The fourth-order valence-electron chi connectivity index (χ4n) is 1.46. The van der Waals surface area contributed by atoms with Gasteiger partial charge in [-0.1, -0.05) is 19.0 Å². The van der Waals surface area contributed by atoms with E-state index in [-0.39, 0.29) is 23.8 Å². The molecule has 0 spiro atoms. The number of nitrogens with zero attached hydrogens (tertiary/aromatic N) is 2. The Kier molecular flexibility index (Phi) is 5.09. The Morgan fingerprint density at radius 1 is 1.37 bits per heavy atom. The molecule has 0 saturated carbocycles. The van der Waals surface area contributed by atoms with E-state index in [0.29, 0.717) is 18.2 Å². The van der Waals surface area contributed by atoms with Crippen LogP contribution in [0.3, 0.4) is 0 Å². The number of rotatable bonds is 7. The molecule has 0 unspecified atom stereocenters. The van der Waals surface area contributed by atoms with Gasteiger partial charge in [-0.2, -0.15) is 4.98 Å². The maximum absolute atomic E-state index is 11.8. The molecule has 1 rings (SSSR count). The molecule has 0 amide bonds. The average molecular weight is 290 g/mol. The lowest BCUT2D eigenvalue weighted by Crippen LogP contribution is -2.24. The number of hydrogen-bond acceptors (Lipinski definition) is 6. The van der Waals surface area contributed by atoms with E-state index in [9.17, 15) is 13.5 Å². The quantitative estimate of drug-likeness (QED) is 0.814. The van der Waals surface area contributed by atoms with Crippen molar-refractivity contribution < 1.29 is 18.0 Å². The molecule has 1 aromatic rings. The van der Waals surface area contributed by atoms with Crippen molar-refractivity contribution in [2.75, 3.05) is 5.75 Å². The summed E-state index contributed by atoms with van der Waals surface area (Å²) in [6, 6.07) is 0. The highest BCUT2D eigenvalue weighted by Gasteiger charge is 2.22. The highest BCUT2D eigenvalue weighted by molar-refractivity contribution is 7.90. The van der Waals surface area contributed by atoms with Gasteiger partial charge in [0.05, 0.1) is 11.4 Å². The normalized spacial score (nSPS) is 13.2. The Bertz CT molecular complexity index is 500. The Morgan fingerprint density at radius 2 is 2.00 bits per heavy atom. The molecule has 0 saturated heterocycles. The molecule has 0 aliphatic heterocycles. The second-order valence-electron chi connectivity index (χ2n) is 5.86. The molecule has 1 aromatic heterocycles. The van der Waals surface area contributed by atoms with E-state index in [4.69, 9.17) is 4.52 Å². The van der Waals surface area contributed by atoms with Crippen LogP contribution >= 0.6 is 0 Å². The molecular formula is C12H22N2O4S. The van der Waals surface area contributed by atoms with E-state index in [1.54, 1.807) is 13.8 Å². The van der Waals surface area contributed by atoms with Gasteiger partial charge in [0.2, 0.25) is 5.89 Å². The molecule has 7 heteroatoms. The zero-order valence-corrected chi connectivity index (χ0v) is 12.7. The average Bonchev–Trinajstić information content (AvgIpc) is 2.60. The topological polar surface area (TPSA) is 93.3 Å². The molecule has 0 radical (unpaired) electrons. The van der Waals surface area contributed by atoms with Crippen LogP contribution in [-0.2, 0) is 22.0 Å². The third-order valence-electron chi connectivity index (χ3n) is 2.47. The van der Waals surface area contributed by atoms with Gasteiger partial charge in [-0.25, -0.2) is 8.42 Å². The molecule has 0 fully saturated rings. The zero-order valence-electron chi connectivity index (χ0n) is 11.9. The van der Waals surface area contributed by atoms with Crippen molar-refractivity contribution in [2.45, 2.75) is 51.9 Å². The lowest BCUT2D eigenvalue weighted by molar-refractivity contribution is 0.0772. The van der Waals surface area contributed by atoms with Gasteiger partial charge < -0.3 is 9.63 Å². The van der Waals surface area contributed by atoms with Gasteiger partial charge >= 0.3 is 0 Å². The highest BCUT2D eigenvalue weighted by atomic mass is 32.2. The monoisotopic (exact) mass is 290 g/mol. The van der Waals surface area contributed by atoms with Gasteiger partial charge in [0.25, 0.3) is 0 Å². The van der Waals surface area contributed by atoms with Gasteiger partial charge in [0.15, 0.2) is 15.7 Å². The smallest absolute Gasteiger partial charge is 0.241 e. The third-order valence-corrected chi connectivity index (χ3v) is 3.98. The molecule has 0 bridgehead atoms. The zero-order chi connectivity index (χ0) is 14.7. The molecular weight excluding hydrogens is 268 g/mol. The maximum atomic E-state index is 11.8. The fourth-order valence-corrected chi connectivity index (χ4v) is 2.91. The molecule has 1 heterocycles.